The second-order valence-electron chi connectivity index (χ2n) is 4.39. The molecule has 0 amide bonds. The summed E-state index contributed by atoms with van der Waals surface area (Å²) in [6, 6.07) is 10.1. The molecule has 1 aromatic rings. The number of Topliss-reactive ketones (excluding diaryl/α,β-unsaturated/α-hetero) is 1. The van der Waals surface area contributed by atoms with Crippen molar-refractivity contribution in [3.8, 4) is 0 Å². The molecule has 0 N–H and O–H groups in total. The van der Waals surface area contributed by atoms with Crippen LogP contribution in [0.15, 0.2) is 42.5 Å². The maximum Gasteiger partial charge on any atom is 0.159 e. The fourth-order valence-corrected chi connectivity index (χ4v) is 2.21. The molecule has 1 atom stereocenters. The average Bonchev–Trinajstić information content (AvgIpc) is 2.29. The molecule has 0 saturated heterocycles. The van der Waals surface area contributed by atoms with Gasteiger partial charge in [0.05, 0.1) is 6.04 Å². The van der Waals surface area contributed by atoms with Crippen molar-refractivity contribution in [2.75, 3.05) is 11.9 Å². The first kappa shape index (κ1) is 10.9. The van der Waals surface area contributed by atoms with Crippen molar-refractivity contribution in [3.63, 3.8) is 0 Å². The van der Waals surface area contributed by atoms with Gasteiger partial charge in [-0.15, -0.1) is 0 Å². The number of anilines is 1. The Labute approximate surface area is 96.6 Å². The first-order chi connectivity index (χ1) is 7.68. The summed E-state index contributed by atoms with van der Waals surface area (Å²) in [5, 5.41) is 0. The van der Waals surface area contributed by atoms with Gasteiger partial charge in [0.1, 0.15) is 0 Å². The summed E-state index contributed by atoms with van der Waals surface area (Å²) in [5.74, 6) is 0.294. The van der Waals surface area contributed by atoms with E-state index in [1.807, 2.05) is 37.4 Å². The van der Waals surface area contributed by atoms with Crippen LogP contribution in [0.5, 0.6) is 0 Å². The molecule has 0 aliphatic heterocycles. The van der Waals surface area contributed by atoms with Crippen molar-refractivity contribution in [3.05, 3.63) is 42.5 Å². The fraction of sp³-hybridized carbons (Fsp3) is 0.357. The third-order valence-corrected chi connectivity index (χ3v) is 3.20. The zero-order valence-corrected chi connectivity index (χ0v) is 9.65. The molecular formula is C14H17NO. The summed E-state index contributed by atoms with van der Waals surface area (Å²) in [7, 11) is 1.99. The van der Waals surface area contributed by atoms with Gasteiger partial charge in [0, 0.05) is 19.2 Å². The van der Waals surface area contributed by atoms with Gasteiger partial charge in [-0.25, -0.2) is 0 Å². The smallest absolute Gasteiger partial charge is 0.159 e. The summed E-state index contributed by atoms with van der Waals surface area (Å²) >= 11 is 0. The lowest BCUT2D eigenvalue weighted by Gasteiger charge is -2.32. The molecule has 0 heterocycles. The maximum atomic E-state index is 11.9. The zero-order valence-electron chi connectivity index (χ0n) is 9.65. The van der Waals surface area contributed by atoms with Crippen molar-refractivity contribution >= 4 is 11.5 Å². The lowest BCUT2D eigenvalue weighted by Crippen LogP contribution is -2.40. The predicted molar refractivity (Wildman–Crippen MR) is 66.6 cm³/mol. The number of rotatable bonds is 2. The minimum atomic E-state index is 0.0212. The van der Waals surface area contributed by atoms with Crippen molar-refractivity contribution in [2.24, 2.45) is 0 Å². The van der Waals surface area contributed by atoms with E-state index in [2.05, 4.69) is 11.5 Å². The molecule has 1 aliphatic rings. The summed E-state index contributed by atoms with van der Waals surface area (Å²) in [6.07, 6.45) is 2.40. The van der Waals surface area contributed by atoms with E-state index in [4.69, 9.17) is 0 Å². The van der Waals surface area contributed by atoms with E-state index < -0.39 is 0 Å². The Morgan fingerprint density at radius 1 is 1.31 bits per heavy atom. The lowest BCUT2D eigenvalue weighted by molar-refractivity contribution is -0.120. The van der Waals surface area contributed by atoms with Crippen LogP contribution in [0.1, 0.15) is 19.3 Å². The van der Waals surface area contributed by atoms with Crippen LogP contribution in [0.3, 0.4) is 0 Å². The number of allylic oxidation sites excluding steroid dienone is 1. The molecule has 0 spiro atoms. The normalized spacial score (nSPS) is 20.9. The summed E-state index contributed by atoms with van der Waals surface area (Å²) in [4.78, 5) is 14.0. The number of hydrogen-bond donors (Lipinski definition) is 0. The molecule has 1 aromatic carbocycles. The molecule has 1 unspecified atom stereocenters. The summed E-state index contributed by atoms with van der Waals surface area (Å²) < 4.78 is 0. The Kier molecular flexibility index (Phi) is 3.09. The van der Waals surface area contributed by atoms with Gasteiger partial charge in [0.2, 0.25) is 0 Å². The van der Waals surface area contributed by atoms with Gasteiger partial charge in [-0.1, -0.05) is 30.4 Å². The van der Waals surface area contributed by atoms with Crippen LogP contribution >= 0.6 is 0 Å². The Morgan fingerprint density at radius 2 is 2.00 bits per heavy atom. The highest BCUT2D eigenvalue weighted by Gasteiger charge is 2.27. The Balaban J connectivity index is 2.13. The number of carbonyl (C=O) groups excluding carboxylic acids is 1. The minimum Gasteiger partial charge on any atom is -0.365 e. The molecule has 0 radical (unpaired) electrons. The third kappa shape index (κ3) is 2.16. The molecule has 0 aromatic heterocycles. The Bertz CT molecular complexity index is 396. The van der Waals surface area contributed by atoms with Gasteiger partial charge >= 0.3 is 0 Å². The number of benzene rings is 1. The number of para-hydroxylation sites is 1. The van der Waals surface area contributed by atoms with Gasteiger partial charge in [-0.3, -0.25) is 4.79 Å². The van der Waals surface area contributed by atoms with Crippen LogP contribution in [0, 0.1) is 0 Å². The van der Waals surface area contributed by atoms with Crippen LogP contribution in [-0.2, 0) is 4.79 Å². The number of hydrogen-bond acceptors (Lipinski definition) is 2. The fourth-order valence-electron chi connectivity index (χ4n) is 2.21. The number of carbonyl (C=O) groups is 1. The average molecular weight is 215 g/mol. The molecule has 0 bridgehead atoms. The monoisotopic (exact) mass is 215 g/mol. The van der Waals surface area contributed by atoms with Crippen molar-refractivity contribution in [1.82, 2.24) is 0 Å². The molecule has 84 valence electrons. The van der Waals surface area contributed by atoms with E-state index in [9.17, 15) is 4.79 Å². The van der Waals surface area contributed by atoms with Crippen LogP contribution in [-0.4, -0.2) is 18.9 Å². The van der Waals surface area contributed by atoms with Gasteiger partial charge in [0.15, 0.2) is 5.78 Å². The number of nitrogens with zero attached hydrogens (tertiary/aromatic N) is 1. The Hall–Kier alpha value is -1.57. The van der Waals surface area contributed by atoms with E-state index in [-0.39, 0.29) is 6.04 Å². The van der Waals surface area contributed by atoms with Gasteiger partial charge in [-0.05, 0) is 25.0 Å². The van der Waals surface area contributed by atoms with E-state index >= 15 is 0 Å². The van der Waals surface area contributed by atoms with Gasteiger partial charge in [0.25, 0.3) is 0 Å². The van der Waals surface area contributed by atoms with Crippen LogP contribution in [0.25, 0.3) is 0 Å². The van der Waals surface area contributed by atoms with Crippen molar-refractivity contribution in [1.29, 1.82) is 0 Å². The molecule has 1 saturated carbocycles. The van der Waals surface area contributed by atoms with Crippen molar-refractivity contribution in [2.45, 2.75) is 25.3 Å². The first-order valence-electron chi connectivity index (χ1n) is 5.65. The topological polar surface area (TPSA) is 20.3 Å². The molecule has 1 aliphatic carbocycles. The molecule has 2 nitrogen and oxygen atoms in total. The highest BCUT2D eigenvalue weighted by atomic mass is 16.1. The predicted octanol–water partition coefficient (Wildman–Crippen LogP) is 2.80. The number of likely N-dealkylation sites (N-methyl/N-ethyl adjacent to an activating group) is 1. The van der Waals surface area contributed by atoms with Gasteiger partial charge in [-0.2, -0.15) is 0 Å². The summed E-state index contributed by atoms with van der Waals surface area (Å²) in [6.45, 7) is 3.89. The second kappa shape index (κ2) is 4.52. The highest BCUT2D eigenvalue weighted by molar-refractivity contribution is 5.90. The quantitative estimate of drug-likeness (QED) is 0.707. The maximum absolute atomic E-state index is 11.9. The molecule has 2 heteroatoms. The number of ketones is 1. The van der Waals surface area contributed by atoms with Crippen LogP contribution < -0.4 is 4.90 Å². The van der Waals surface area contributed by atoms with E-state index in [1.165, 1.54) is 0 Å². The Morgan fingerprint density at radius 3 is 2.62 bits per heavy atom. The first-order valence-corrected chi connectivity index (χ1v) is 5.65. The minimum absolute atomic E-state index is 0.0212. The second-order valence-corrected chi connectivity index (χ2v) is 4.39. The molecular weight excluding hydrogens is 198 g/mol. The van der Waals surface area contributed by atoms with E-state index in [0.717, 1.165) is 24.1 Å². The standard InChI is InChI=1S/C14H17NO/c1-11-8-9-13(14(16)10-11)15(2)12-6-4-3-5-7-12/h3-7,13H,1,8-10H2,2H3. The summed E-state index contributed by atoms with van der Waals surface area (Å²) in [5.41, 5.74) is 2.18. The lowest BCUT2D eigenvalue weighted by atomic mass is 9.89. The molecule has 2 rings (SSSR count). The van der Waals surface area contributed by atoms with Crippen molar-refractivity contribution < 1.29 is 4.79 Å². The SMILES string of the molecule is C=C1CCC(N(C)c2ccccc2)C(=O)C1. The highest BCUT2D eigenvalue weighted by Crippen LogP contribution is 2.25. The van der Waals surface area contributed by atoms with Gasteiger partial charge < -0.3 is 4.90 Å². The van der Waals surface area contributed by atoms with E-state index in [0.29, 0.717) is 12.2 Å². The zero-order chi connectivity index (χ0) is 11.5. The van der Waals surface area contributed by atoms with Crippen LogP contribution in [0.2, 0.25) is 0 Å². The largest absolute Gasteiger partial charge is 0.365 e. The third-order valence-electron chi connectivity index (χ3n) is 3.20. The molecule has 16 heavy (non-hydrogen) atoms. The molecule has 1 fully saturated rings. The van der Waals surface area contributed by atoms with E-state index in [1.54, 1.807) is 0 Å². The van der Waals surface area contributed by atoms with Crippen LogP contribution in [0.4, 0.5) is 5.69 Å².